The molecule has 0 saturated carbocycles. The lowest BCUT2D eigenvalue weighted by Gasteiger charge is -2.37. The smallest absolute Gasteiger partial charge is 0.247 e. The van der Waals surface area contributed by atoms with Gasteiger partial charge in [-0.05, 0) is 30.9 Å². The number of carbonyl (C=O) groups excluding carboxylic acids is 1. The number of rotatable bonds is 8. The summed E-state index contributed by atoms with van der Waals surface area (Å²) >= 11 is 6.01. The Morgan fingerprint density at radius 1 is 1.31 bits per heavy atom. The van der Waals surface area contributed by atoms with Gasteiger partial charge in [-0.1, -0.05) is 32.4 Å². The van der Waals surface area contributed by atoms with E-state index in [0.717, 1.165) is 10.7 Å². The predicted molar refractivity (Wildman–Crippen MR) is 112 cm³/mol. The number of nitrogens with zero attached hydrogens (tertiary/aromatic N) is 1. The summed E-state index contributed by atoms with van der Waals surface area (Å²) in [6.45, 7) is 8.10. The Labute approximate surface area is 176 Å². The number of halogens is 1. The van der Waals surface area contributed by atoms with Crippen LogP contribution in [-0.2, 0) is 14.8 Å². The van der Waals surface area contributed by atoms with Crippen molar-refractivity contribution in [2.75, 3.05) is 19.4 Å². The lowest BCUT2D eigenvalue weighted by atomic mass is 9.81. The number of benzene rings is 1. The van der Waals surface area contributed by atoms with Gasteiger partial charge >= 0.3 is 0 Å². The van der Waals surface area contributed by atoms with E-state index in [2.05, 4.69) is 24.5 Å². The average Bonchev–Trinajstić information content (AvgIpc) is 2.65. The molecule has 2 rings (SSSR count). The summed E-state index contributed by atoms with van der Waals surface area (Å²) in [6.07, 6.45) is -0.518. The van der Waals surface area contributed by atoms with Crippen molar-refractivity contribution < 1.29 is 23.4 Å². The summed E-state index contributed by atoms with van der Waals surface area (Å²) in [5.41, 5.74) is 0.282. The molecule has 0 bridgehead atoms. The number of Topliss-reactive ketones (excluding diaryl/α,β-unsaturated/α-hetero) is 1. The van der Waals surface area contributed by atoms with Gasteiger partial charge in [0.2, 0.25) is 15.8 Å². The maximum Gasteiger partial charge on any atom is 0.247 e. The highest BCUT2D eigenvalue weighted by atomic mass is 35.5. The first kappa shape index (κ1) is 23.5. The van der Waals surface area contributed by atoms with E-state index in [1.807, 2.05) is 13.8 Å². The fourth-order valence-electron chi connectivity index (χ4n) is 2.68. The van der Waals surface area contributed by atoms with Crippen LogP contribution in [0.3, 0.4) is 0 Å². The maximum atomic E-state index is 12.5. The van der Waals surface area contributed by atoms with Crippen molar-refractivity contribution in [1.29, 1.82) is 0 Å². The molecule has 8 nitrogen and oxygen atoms in total. The van der Waals surface area contributed by atoms with Crippen LogP contribution >= 0.6 is 11.6 Å². The number of ketones is 1. The van der Waals surface area contributed by atoms with Gasteiger partial charge in [-0.3, -0.25) is 4.79 Å². The lowest BCUT2D eigenvalue weighted by molar-refractivity contribution is -0.125. The number of anilines is 1. The van der Waals surface area contributed by atoms with Gasteiger partial charge in [0.1, 0.15) is 10.6 Å². The van der Waals surface area contributed by atoms with E-state index < -0.39 is 32.6 Å². The number of sulfonamides is 1. The fourth-order valence-corrected chi connectivity index (χ4v) is 4.16. The second kappa shape index (κ2) is 8.14. The molecule has 0 fully saturated rings. The number of phenols is 1. The summed E-state index contributed by atoms with van der Waals surface area (Å²) in [5, 5.41) is 26.4. The van der Waals surface area contributed by atoms with Crippen LogP contribution in [0.1, 0.15) is 34.1 Å². The van der Waals surface area contributed by atoms with Crippen molar-refractivity contribution in [2.45, 2.75) is 51.2 Å². The van der Waals surface area contributed by atoms with E-state index in [0.29, 0.717) is 0 Å². The van der Waals surface area contributed by atoms with E-state index >= 15 is 0 Å². The first-order valence-corrected chi connectivity index (χ1v) is 11.0. The molecular formula is C19H28ClN3O5S. The summed E-state index contributed by atoms with van der Waals surface area (Å²) in [7, 11) is -1.37. The Morgan fingerprint density at radius 2 is 1.90 bits per heavy atom. The normalized spacial score (nSPS) is 18.7. The monoisotopic (exact) mass is 445 g/mol. The minimum Gasteiger partial charge on any atom is -0.504 e. The first-order valence-electron chi connectivity index (χ1n) is 9.19. The van der Waals surface area contributed by atoms with Gasteiger partial charge in [0, 0.05) is 20.1 Å². The molecule has 2 unspecified atom stereocenters. The van der Waals surface area contributed by atoms with Gasteiger partial charge < -0.3 is 20.8 Å². The number of phenolic OH excluding ortho intramolecular Hbond substituents is 1. The topological polar surface area (TPSA) is 119 Å². The zero-order chi connectivity index (χ0) is 22.3. The van der Waals surface area contributed by atoms with Crippen molar-refractivity contribution in [1.82, 2.24) is 9.62 Å². The molecule has 10 heteroatoms. The van der Waals surface area contributed by atoms with Crippen molar-refractivity contribution in [3.05, 3.63) is 28.5 Å². The van der Waals surface area contributed by atoms with Crippen LogP contribution in [0, 0.1) is 5.41 Å². The van der Waals surface area contributed by atoms with Crippen molar-refractivity contribution in [3.63, 3.8) is 0 Å². The second-order valence-electron chi connectivity index (χ2n) is 7.95. The van der Waals surface area contributed by atoms with Crippen LogP contribution < -0.4 is 10.6 Å². The maximum absolute atomic E-state index is 12.5. The predicted octanol–water partition coefficient (Wildman–Crippen LogP) is 2.28. The molecule has 1 aliphatic carbocycles. The van der Waals surface area contributed by atoms with Crippen LogP contribution in [0.15, 0.2) is 28.4 Å². The zero-order valence-corrected chi connectivity index (χ0v) is 18.9. The van der Waals surface area contributed by atoms with Gasteiger partial charge in [0.15, 0.2) is 11.9 Å². The number of hydrogen-bond donors (Lipinski definition) is 4. The Bertz CT molecular complexity index is 957. The molecule has 0 radical (unpaired) electrons. The van der Waals surface area contributed by atoms with E-state index in [9.17, 15) is 23.4 Å². The van der Waals surface area contributed by atoms with Crippen LogP contribution in [0.2, 0.25) is 5.02 Å². The molecule has 1 aliphatic rings. The van der Waals surface area contributed by atoms with Crippen molar-refractivity contribution in [3.8, 4) is 5.75 Å². The van der Waals surface area contributed by atoms with Gasteiger partial charge in [-0.2, -0.15) is 0 Å². The molecule has 1 aromatic carbocycles. The van der Waals surface area contributed by atoms with Gasteiger partial charge in [0.25, 0.3) is 0 Å². The molecule has 2 atom stereocenters. The third-order valence-corrected chi connectivity index (χ3v) is 7.89. The number of carbonyl (C=O) groups is 1. The summed E-state index contributed by atoms with van der Waals surface area (Å²) < 4.78 is 25.9. The lowest BCUT2D eigenvalue weighted by Crippen LogP contribution is -2.50. The number of nitrogens with one attached hydrogen (secondary N) is 2. The van der Waals surface area contributed by atoms with Crippen molar-refractivity contribution >= 4 is 33.1 Å². The molecule has 4 N–H and O–H groups in total. The van der Waals surface area contributed by atoms with E-state index in [1.165, 1.54) is 26.2 Å². The molecule has 0 aliphatic heterocycles. The molecular weight excluding hydrogens is 418 g/mol. The van der Waals surface area contributed by atoms with E-state index in [-0.39, 0.29) is 33.6 Å². The van der Waals surface area contributed by atoms with Crippen LogP contribution in [0.5, 0.6) is 5.75 Å². The third kappa shape index (κ3) is 4.23. The summed E-state index contributed by atoms with van der Waals surface area (Å²) in [5.74, 6) is -1.06. The number of hydrogen-bond acceptors (Lipinski definition) is 7. The van der Waals surface area contributed by atoms with Crippen LogP contribution in [0.4, 0.5) is 5.69 Å². The Kier molecular flexibility index (Phi) is 6.59. The SMILES string of the molecule is CCC(C)(C)C(C)NC1=C(Nc2ccc(Cl)c(S(=O)(=O)N(C)C)c2O)C(O)C1=O. The second-order valence-corrected chi connectivity index (χ2v) is 10.4. The molecule has 0 aromatic heterocycles. The average molecular weight is 446 g/mol. The van der Waals surface area contributed by atoms with Gasteiger partial charge in [-0.15, -0.1) is 0 Å². The summed E-state index contributed by atoms with van der Waals surface area (Å²) in [6, 6.07) is 2.63. The number of aliphatic hydroxyl groups is 1. The first-order chi connectivity index (χ1) is 13.3. The Hall–Kier alpha value is -1.81. The quantitative estimate of drug-likeness (QED) is 0.453. The number of aliphatic hydroxyl groups excluding tert-OH is 1. The standard InChI is InChI=1S/C19H28ClN3O5S/c1-7-19(3,4)10(2)21-13-14(17(26)16(13)25)22-12-9-8-11(20)18(15(12)24)29(27,28)23(5)6/h8-10,17,21-22,24,26H,7H2,1-6H3. The molecule has 1 aromatic rings. The van der Waals surface area contributed by atoms with Crippen LogP contribution in [-0.4, -0.2) is 55.0 Å². The third-order valence-electron chi connectivity index (χ3n) is 5.57. The van der Waals surface area contributed by atoms with E-state index in [4.69, 9.17) is 11.6 Å². The van der Waals surface area contributed by atoms with Crippen molar-refractivity contribution in [2.24, 2.45) is 5.41 Å². The zero-order valence-electron chi connectivity index (χ0n) is 17.4. The van der Waals surface area contributed by atoms with Gasteiger partial charge in [-0.25, -0.2) is 12.7 Å². The minimum atomic E-state index is -4.01. The highest BCUT2D eigenvalue weighted by Crippen LogP contribution is 2.40. The highest BCUT2D eigenvalue weighted by molar-refractivity contribution is 7.89. The number of aromatic hydroxyl groups is 1. The van der Waals surface area contributed by atoms with Crippen LogP contribution in [0.25, 0.3) is 0 Å². The minimum absolute atomic E-state index is 0.0121. The highest BCUT2D eigenvalue weighted by Gasteiger charge is 2.41. The van der Waals surface area contributed by atoms with Gasteiger partial charge in [0.05, 0.1) is 16.4 Å². The molecule has 162 valence electrons. The molecule has 0 heterocycles. The largest absolute Gasteiger partial charge is 0.504 e. The fraction of sp³-hybridized carbons (Fsp3) is 0.526. The molecule has 0 saturated heterocycles. The molecule has 0 spiro atoms. The molecule has 0 amide bonds. The Morgan fingerprint density at radius 3 is 2.41 bits per heavy atom. The summed E-state index contributed by atoms with van der Waals surface area (Å²) in [4.78, 5) is 11.7. The molecule has 29 heavy (non-hydrogen) atoms. The van der Waals surface area contributed by atoms with E-state index in [1.54, 1.807) is 0 Å². The Balaban J connectivity index is 2.45.